The van der Waals surface area contributed by atoms with E-state index in [1.807, 2.05) is 6.33 Å². The summed E-state index contributed by atoms with van der Waals surface area (Å²) >= 11 is 0. The van der Waals surface area contributed by atoms with Gasteiger partial charge < -0.3 is 10.3 Å². The maximum absolute atomic E-state index is 5.43. The fourth-order valence-corrected chi connectivity index (χ4v) is 1.36. The van der Waals surface area contributed by atoms with Crippen molar-refractivity contribution in [1.29, 1.82) is 0 Å². The van der Waals surface area contributed by atoms with Gasteiger partial charge in [0.05, 0.1) is 0 Å². The van der Waals surface area contributed by atoms with Crippen molar-refractivity contribution in [2.24, 2.45) is 5.73 Å². The van der Waals surface area contributed by atoms with Crippen LogP contribution in [0.3, 0.4) is 0 Å². The quantitative estimate of drug-likeness (QED) is 0.708. The summed E-state index contributed by atoms with van der Waals surface area (Å²) < 4.78 is 2.19. The molecule has 0 aromatic carbocycles. The van der Waals surface area contributed by atoms with E-state index in [4.69, 9.17) is 5.73 Å². The summed E-state index contributed by atoms with van der Waals surface area (Å²) in [5, 5.41) is 7.98. The summed E-state index contributed by atoms with van der Waals surface area (Å²) in [7, 11) is 0. The van der Waals surface area contributed by atoms with E-state index < -0.39 is 0 Å². The van der Waals surface area contributed by atoms with Gasteiger partial charge in [-0.05, 0) is 25.8 Å². The van der Waals surface area contributed by atoms with Crippen LogP contribution in [-0.2, 0) is 6.42 Å². The van der Waals surface area contributed by atoms with Gasteiger partial charge in [0, 0.05) is 12.5 Å². The van der Waals surface area contributed by atoms with E-state index in [-0.39, 0.29) is 0 Å². The Balaban J connectivity index is 2.03. The predicted molar refractivity (Wildman–Crippen MR) is 45.7 cm³/mol. The van der Waals surface area contributed by atoms with Crippen molar-refractivity contribution in [3.05, 3.63) is 12.2 Å². The second-order valence-corrected chi connectivity index (χ2v) is 3.28. The first-order valence-corrected chi connectivity index (χ1v) is 4.50. The zero-order valence-corrected chi connectivity index (χ0v) is 7.11. The Morgan fingerprint density at radius 3 is 3.08 bits per heavy atom. The van der Waals surface area contributed by atoms with Crippen LogP contribution >= 0.6 is 0 Å². The third-order valence-corrected chi connectivity index (χ3v) is 2.19. The minimum Gasteiger partial charge on any atom is -0.330 e. The molecule has 0 radical (unpaired) electrons. The van der Waals surface area contributed by atoms with Crippen molar-refractivity contribution in [3.8, 4) is 0 Å². The van der Waals surface area contributed by atoms with Gasteiger partial charge in [-0.2, -0.15) is 0 Å². The average molecular weight is 166 g/mol. The Labute approximate surface area is 71.8 Å². The first kappa shape index (κ1) is 7.73. The zero-order chi connectivity index (χ0) is 8.39. The van der Waals surface area contributed by atoms with Crippen molar-refractivity contribution in [2.45, 2.75) is 31.7 Å². The highest BCUT2D eigenvalue weighted by Gasteiger charge is 2.25. The lowest BCUT2D eigenvalue weighted by Crippen LogP contribution is -2.05. The predicted octanol–water partition coefficient (Wildman–Crippen LogP) is 0.504. The van der Waals surface area contributed by atoms with Crippen molar-refractivity contribution in [3.63, 3.8) is 0 Å². The molecule has 1 fully saturated rings. The first-order valence-electron chi connectivity index (χ1n) is 4.50. The van der Waals surface area contributed by atoms with E-state index in [0.29, 0.717) is 6.04 Å². The van der Waals surface area contributed by atoms with Crippen molar-refractivity contribution in [2.75, 3.05) is 6.54 Å². The van der Waals surface area contributed by atoms with Gasteiger partial charge in [-0.3, -0.25) is 0 Å². The summed E-state index contributed by atoms with van der Waals surface area (Å²) in [5.74, 6) is 1.10. The SMILES string of the molecule is NCCCc1nncn1C1CC1. The Morgan fingerprint density at radius 2 is 2.42 bits per heavy atom. The summed E-state index contributed by atoms with van der Waals surface area (Å²) in [6, 6.07) is 0.688. The van der Waals surface area contributed by atoms with Crippen LogP contribution in [0.4, 0.5) is 0 Å². The molecular weight excluding hydrogens is 152 g/mol. The van der Waals surface area contributed by atoms with Crippen LogP contribution in [0.5, 0.6) is 0 Å². The zero-order valence-electron chi connectivity index (χ0n) is 7.11. The molecule has 1 aliphatic carbocycles. The number of aryl methyl sites for hydroxylation is 1. The molecule has 1 aromatic rings. The summed E-state index contributed by atoms with van der Waals surface area (Å²) in [5.41, 5.74) is 5.43. The van der Waals surface area contributed by atoms with Crippen LogP contribution in [0.25, 0.3) is 0 Å². The van der Waals surface area contributed by atoms with E-state index in [1.165, 1.54) is 12.8 Å². The normalized spacial score (nSPS) is 16.8. The van der Waals surface area contributed by atoms with Crippen molar-refractivity contribution >= 4 is 0 Å². The molecule has 1 saturated carbocycles. The van der Waals surface area contributed by atoms with Gasteiger partial charge in [0.25, 0.3) is 0 Å². The highest BCUT2D eigenvalue weighted by molar-refractivity contribution is 4.94. The highest BCUT2D eigenvalue weighted by atomic mass is 15.3. The molecular formula is C8H14N4. The second kappa shape index (κ2) is 3.23. The van der Waals surface area contributed by atoms with Crippen molar-refractivity contribution in [1.82, 2.24) is 14.8 Å². The molecule has 0 unspecified atom stereocenters. The Hall–Kier alpha value is -0.900. The van der Waals surface area contributed by atoms with Crippen LogP contribution in [0, 0.1) is 0 Å². The Bertz CT molecular complexity index is 251. The molecule has 4 heteroatoms. The number of nitrogens with two attached hydrogens (primary N) is 1. The van der Waals surface area contributed by atoms with Crippen LogP contribution in [0.15, 0.2) is 6.33 Å². The minimum absolute atomic E-state index is 0.688. The maximum atomic E-state index is 5.43. The molecule has 0 saturated heterocycles. The van der Waals surface area contributed by atoms with Gasteiger partial charge in [-0.1, -0.05) is 0 Å². The van der Waals surface area contributed by atoms with Crippen LogP contribution in [-0.4, -0.2) is 21.3 Å². The maximum Gasteiger partial charge on any atom is 0.133 e. The standard InChI is InChI=1S/C8H14N4/c9-5-1-2-8-11-10-6-12(8)7-3-4-7/h6-7H,1-5,9H2. The molecule has 0 spiro atoms. The molecule has 0 atom stereocenters. The van der Waals surface area contributed by atoms with Crippen LogP contribution in [0.1, 0.15) is 31.1 Å². The number of nitrogens with zero attached hydrogens (tertiary/aromatic N) is 3. The number of hydrogen-bond acceptors (Lipinski definition) is 3. The monoisotopic (exact) mass is 166 g/mol. The summed E-state index contributed by atoms with van der Waals surface area (Å²) in [6.07, 6.45) is 6.38. The van der Waals surface area contributed by atoms with Gasteiger partial charge >= 0.3 is 0 Å². The van der Waals surface area contributed by atoms with Gasteiger partial charge in [-0.15, -0.1) is 10.2 Å². The third-order valence-electron chi connectivity index (χ3n) is 2.19. The van der Waals surface area contributed by atoms with E-state index in [2.05, 4.69) is 14.8 Å². The van der Waals surface area contributed by atoms with Gasteiger partial charge in [0.15, 0.2) is 0 Å². The number of aromatic nitrogens is 3. The number of rotatable bonds is 4. The molecule has 0 amide bonds. The minimum atomic E-state index is 0.688. The largest absolute Gasteiger partial charge is 0.330 e. The number of hydrogen-bond donors (Lipinski definition) is 1. The molecule has 1 aliphatic rings. The molecule has 1 heterocycles. The molecule has 12 heavy (non-hydrogen) atoms. The summed E-state index contributed by atoms with van der Waals surface area (Å²) in [6.45, 7) is 0.734. The van der Waals surface area contributed by atoms with Gasteiger partial charge in [0.2, 0.25) is 0 Å². The molecule has 2 N–H and O–H groups in total. The fourth-order valence-electron chi connectivity index (χ4n) is 1.36. The molecule has 4 nitrogen and oxygen atoms in total. The van der Waals surface area contributed by atoms with E-state index >= 15 is 0 Å². The van der Waals surface area contributed by atoms with Crippen LogP contribution in [0.2, 0.25) is 0 Å². The summed E-state index contributed by atoms with van der Waals surface area (Å²) in [4.78, 5) is 0. The highest BCUT2D eigenvalue weighted by Crippen LogP contribution is 2.35. The second-order valence-electron chi connectivity index (χ2n) is 3.28. The first-order chi connectivity index (χ1) is 5.92. The van der Waals surface area contributed by atoms with Crippen molar-refractivity contribution < 1.29 is 0 Å². The molecule has 1 aromatic heterocycles. The molecule has 0 bridgehead atoms. The average Bonchev–Trinajstić information content (AvgIpc) is 2.83. The lowest BCUT2D eigenvalue weighted by atomic mass is 10.3. The third kappa shape index (κ3) is 1.48. The lowest BCUT2D eigenvalue weighted by Gasteiger charge is -2.02. The topological polar surface area (TPSA) is 56.7 Å². The smallest absolute Gasteiger partial charge is 0.133 e. The van der Waals surface area contributed by atoms with Gasteiger partial charge in [-0.25, -0.2) is 0 Å². The molecule has 66 valence electrons. The Morgan fingerprint density at radius 1 is 1.58 bits per heavy atom. The Kier molecular flexibility index (Phi) is 2.08. The fraction of sp³-hybridized carbons (Fsp3) is 0.750. The lowest BCUT2D eigenvalue weighted by molar-refractivity contribution is 0.658. The van der Waals surface area contributed by atoms with Crippen LogP contribution < -0.4 is 5.73 Å². The molecule has 2 rings (SSSR count). The van der Waals surface area contributed by atoms with E-state index in [0.717, 1.165) is 25.2 Å². The molecule has 0 aliphatic heterocycles. The van der Waals surface area contributed by atoms with Gasteiger partial charge in [0.1, 0.15) is 12.2 Å². The van der Waals surface area contributed by atoms with E-state index in [1.54, 1.807) is 0 Å². The van der Waals surface area contributed by atoms with E-state index in [9.17, 15) is 0 Å².